The van der Waals surface area contributed by atoms with E-state index in [0.29, 0.717) is 4.21 Å². The number of carbonyl (C=O) groups excluding carboxylic acids is 1. The molecule has 1 amide bonds. The van der Waals surface area contributed by atoms with Gasteiger partial charge < -0.3 is 9.32 Å². The molecule has 146 valence electrons. The van der Waals surface area contributed by atoms with E-state index in [-0.39, 0.29) is 49.2 Å². The molecule has 0 unspecified atom stereocenters. The number of hydrogen-bond donors (Lipinski definition) is 0. The van der Waals surface area contributed by atoms with E-state index in [0.717, 1.165) is 0 Å². The van der Waals surface area contributed by atoms with Crippen LogP contribution in [0.25, 0.3) is 11.3 Å². The van der Waals surface area contributed by atoms with Crippen LogP contribution in [-0.4, -0.2) is 49.7 Å². The molecule has 0 aliphatic carbocycles. The average molecular weight is 420 g/mol. The summed E-state index contributed by atoms with van der Waals surface area (Å²) >= 11 is 1.17. The monoisotopic (exact) mass is 420 g/mol. The summed E-state index contributed by atoms with van der Waals surface area (Å²) in [6.45, 7) is 0.956. The zero-order valence-electron chi connectivity index (χ0n) is 14.7. The zero-order chi connectivity index (χ0) is 19.7. The lowest BCUT2D eigenvalue weighted by atomic mass is 10.1. The van der Waals surface area contributed by atoms with Crippen LogP contribution in [0.15, 0.2) is 62.5 Å². The third-order valence-electron chi connectivity index (χ3n) is 4.57. The molecule has 1 aromatic carbocycles. The average Bonchev–Trinajstić information content (AvgIpc) is 3.40. The second-order valence-corrected chi connectivity index (χ2v) is 9.38. The number of sulfonamides is 1. The normalized spacial score (nSPS) is 15.7. The quantitative estimate of drug-likeness (QED) is 0.649. The number of rotatable bonds is 4. The predicted octanol–water partition coefficient (Wildman–Crippen LogP) is 3.29. The summed E-state index contributed by atoms with van der Waals surface area (Å²) in [4.78, 5) is 14.2. The van der Waals surface area contributed by atoms with Crippen molar-refractivity contribution in [1.29, 1.82) is 0 Å². The minimum absolute atomic E-state index is 0.104. The Bertz CT molecular complexity index is 1080. The van der Waals surface area contributed by atoms with Crippen LogP contribution >= 0.6 is 11.3 Å². The number of amides is 1. The first-order valence-electron chi connectivity index (χ1n) is 8.64. The lowest BCUT2D eigenvalue weighted by Crippen LogP contribution is -2.50. The predicted molar refractivity (Wildman–Crippen MR) is 103 cm³/mol. The zero-order valence-corrected chi connectivity index (χ0v) is 16.4. The number of hydrogen-bond acceptors (Lipinski definition) is 5. The molecule has 28 heavy (non-hydrogen) atoms. The molecular formula is C19H17FN2O4S2. The number of furan rings is 1. The summed E-state index contributed by atoms with van der Waals surface area (Å²) in [6.07, 6.45) is 0. The summed E-state index contributed by atoms with van der Waals surface area (Å²) in [7, 11) is -3.52. The lowest BCUT2D eigenvalue weighted by Gasteiger charge is -2.33. The number of halogens is 1. The van der Waals surface area contributed by atoms with E-state index in [2.05, 4.69) is 0 Å². The molecule has 3 heterocycles. The highest BCUT2D eigenvalue weighted by molar-refractivity contribution is 7.91. The maximum Gasteiger partial charge on any atom is 0.289 e. The summed E-state index contributed by atoms with van der Waals surface area (Å²) in [6, 6.07) is 12.5. The molecule has 1 saturated heterocycles. The highest BCUT2D eigenvalue weighted by atomic mass is 32.2. The van der Waals surface area contributed by atoms with E-state index in [9.17, 15) is 17.6 Å². The van der Waals surface area contributed by atoms with Gasteiger partial charge in [0.1, 0.15) is 15.8 Å². The molecule has 0 atom stereocenters. The van der Waals surface area contributed by atoms with Crippen molar-refractivity contribution >= 4 is 27.3 Å². The van der Waals surface area contributed by atoms with Crippen LogP contribution in [0.4, 0.5) is 4.39 Å². The maximum absolute atomic E-state index is 13.9. The number of carbonyl (C=O) groups is 1. The van der Waals surface area contributed by atoms with Gasteiger partial charge >= 0.3 is 0 Å². The maximum atomic E-state index is 13.9. The first-order valence-corrected chi connectivity index (χ1v) is 11.0. The Morgan fingerprint density at radius 2 is 1.75 bits per heavy atom. The molecule has 0 saturated carbocycles. The molecule has 6 nitrogen and oxygen atoms in total. The molecule has 3 aromatic rings. The Morgan fingerprint density at radius 1 is 1.00 bits per heavy atom. The SMILES string of the molecule is O=C(c1ccc(-c2ccccc2F)o1)N1CCN(S(=O)(=O)c2cccs2)CC1. The van der Waals surface area contributed by atoms with E-state index in [1.165, 1.54) is 27.8 Å². The van der Waals surface area contributed by atoms with Gasteiger partial charge in [0.2, 0.25) is 0 Å². The number of piperazine rings is 1. The van der Waals surface area contributed by atoms with E-state index in [4.69, 9.17) is 4.42 Å². The van der Waals surface area contributed by atoms with E-state index in [1.807, 2.05) is 0 Å². The highest BCUT2D eigenvalue weighted by Crippen LogP contribution is 2.26. The summed E-state index contributed by atoms with van der Waals surface area (Å²) in [5.74, 6) is -0.382. The number of thiophene rings is 1. The molecular weight excluding hydrogens is 403 g/mol. The van der Waals surface area contributed by atoms with Gasteiger partial charge in [-0.2, -0.15) is 4.31 Å². The first-order chi connectivity index (χ1) is 13.5. The molecule has 0 spiro atoms. The summed E-state index contributed by atoms with van der Waals surface area (Å²) < 4.78 is 46.3. The van der Waals surface area contributed by atoms with Gasteiger partial charge in [-0.3, -0.25) is 4.79 Å². The highest BCUT2D eigenvalue weighted by Gasteiger charge is 2.31. The van der Waals surface area contributed by atoms with Crippen LogP contribution in [0, 0.1) is 5.82 Å². The third-order valence-corrected chi connectivity index (χ3v) is 7.84. The third kappa shape index (κ3) is 3.48. The van der Waals surface area contributed by atoms with Crippen molar-refractivity contribution in [2.45, 2.75) is 4.21 Å². The Hall–Kier alpha value is -2.49. The van der Waals surface area contributed by atoms with Crippen molar-refractivity contribution in [1.82, 2.24) is 9.21 Å². The van der Waals surface area contributed by atoms with Gasteiger partial charge in [-0.15, -0.1) is 11.3 Å². The molecule has 9 heteroatoms. The second kappa shape index (κ2) is 7.50. The van der Waals surface area contributed by atoms with Gasteiger partial charge in [0.05, 0.1) is 5.56 Å². The Balaban J connectivity index is 1.44. The van der Waals surface area contributed by atoms with Gasteiger partial charge in [0.15, 0.2) is 5.76 Å². The minimum Gasteiger partial charge on any atom is -0.451 e. The number of nitrogens with zero attached hydrogens (tertiary/aromatic N) is 2. The van der Waals surface area contributed by atoms with Crippen LogP contribution in [0.2, 0.25) is 0 Å². The second-order valence-electron chi connectivity index (χ2n) is 6.27. The molecule has 0 N–H and O–H groups in total. The van der Waals surface area contributed by atoms with Crippen molar-refractivity contribution in [3.05, 3.63) is 65.5 Å². The molecule has 1 aliphatic heterocycles. The van der Waals surface area contributed by atoms with Gasteiger partial charge in [-0.25, -0.2) is 12.8 Å². The topological polar surface area (TPSA) is 70.8 Å². The van der Waals surface area contributed by atoms with Crippen molar-refractivity contribution in [3.8, 4) is 11.3 Å². The largest absolute Gasteiger partial charge is 0.451 e. The molecule has 1 fully saturated rings. The molecule has 0 bridgehead atoms. The fourth-order valence-electron chi connectivity index (χ4n) is 3.08. The van der Waals surface area contributed by atoms with Crippen LogP contribution in [0.5, 0.6) is 0 Å². The Labute approximate surface area is 165 Å². The molecule has 4 rings (SSSR count). The summed E-state index contributed by atoms with van der Waals surface area (Å²) in [5.41, 5.74) is 0.286. The van der Waals surface area contributed by atoms with Gasteiger partial charge in [-0.1, -0.05) is 18.2 Å². The Kier molecular flexibility index (Phi) is 5.05. The standard InChI is InChI=1S/C19H17FN2O4S2/c20-15-5-2-1-4-14(15)16-7-8-17(26-16)19(23)21-9-11-22(12-10-21)28(24,25)18-6-3-13-27-18/h1-8,13H,9-12H2. The summed E-state index contributed by atoms with van der Waals surface area (Å²) in [5, 5.41) is 1.72. The fraction of sp³-hybridized carbons (Fsp3) is 0.211. The minimum atomic E-state index is -3.52. The molecule has 1 aliphatic rings. The first kappa shape index (κ1) is 18.9. The fourth-order valence-corrected chi connectivity index (χ4v) is 5.65. The van der Waals surface area contributed by atoms with Crippen molar-refractivity contribution in [2.75, 3.05) is 26.2 Å². The van der Waals surface area contributed by atoms with Crippen molar-refractivity contribution in [2.24, 2.45) is 0 Å². The Morgan fingerprint density at radius 3 is 2.43 bits per heavy atom. The van der Waals surface area contributed by atoms with Crippen molar-refractivity contribution < 1.29 is 22.0 Å². The van der Waals surface area contributed by atoms with E-state index in [1.54, 1.807) is 46.7 Å². The van der Waals surface area contributed by atoms with Crippen LogP contribution in [-0.2, 0) is 10.0 Å². The van der Waals surface area contributed by atoms with Gasteiger partial charge in [0.25, 0.3) is 15.9 Å². The molecule has 2 aromatic heterocycles. The van der Waals surface area contributed by atoms with Crippen LogP contribution in [0.1, 0.15) is 10.6 Å². The van der Waals surface area contributed by atoms with Gasteiger partial charge in [-0.05, 0) is 35.7 Å². The van der Waals surface area contributed by atoms with E-state index < -0.39 is 15.8 Å². The number of benzene rings is 1. The lowest BCUT2D eigenvalue weighted by molar-refractivity contribution is 0.0667. The smallest absolute Gasteiger partial charge is 0.289 e. The molecule has 0 radical (unpaired) electrons. The van der Waals surface area contributed by atoms with Crippen LogP contribution < -0.4 is 0 Å². The van der Waals surface area contributed by atoms with E-state index >= 15 is 0 Å². The van der Waals surface area contributed by atoms with Crippen LogP contribution in [0.3, 0.4) is 0 Å². The van der Waals surface area contributed by atoms with Gasteiger partial charge in [0, 0.05) is 26.2 Å². The van der Waals surface area contributed by atoms with Crippen molar-refractivity contribution in [3.63, 3.8) is 0 Å².